The lowest BCUT2D eigenvalue weighted by molar-refractivity contribution is -0.115. The summed E-state index contributed by atoms with van der Waals surface area (Å²) in [5, 5.41) is 20.0. The Balaban J connectivity index is 1.99. The fourth-order valence-electron chi connectivity index (χ4n) is 2.23. The number of aromatic nitrogens is 3. The van der Waals surface area contributed by atoms with Crippen molar-refractivity contribution in [3.8, 4) is 11.4 Å². The molecule has 0 spiro atoms. The standard InChI is InChI=1S/C16H14N4O3/c1-2-13(21)17-11-7-5-10(6-8-11)14-18-19-15-12(16(22)23)4-3-9-20(14)15/h3-9H,2H2,1H3,(H,17,21)(H,22,23). The first-order chi connectivity index (χ1) is 11.1. The number of nitrogens with zero attached hydrogens (tertiary/aromatic N) is 3. The predicted octanol–water partition coefficient (Wildman–Crippen LogP) is 2.44. The van der Waals surface area contributed by atoms with Gasteiger partial charge in [-0.2, -0.15) is 0 Å². The third-order valence-corrected chi connectivity index (χ3v) is 3.41. The Morgan fingerprint density at radius 2 is 1.91 bits per heavy atom. The minimum Gasteiger partial charge on any atom is -0.478 e. The monoisotopic (exact) mass is 310 g/mol. The fraction of sp³-hybridized carbons (Fsp3) is 0.125. The number of carboxylic acid groups (broad SMARTS) is 1. The molecular formula is C16H14N4O3. The van der Waals surface area contributed by atoms with Crippen LogP contribution in [0.1, 0.15) is 23.7 Å². The van der Waals surface area contributed by atoms with Crippen LogP contribution in [-0.2, 0) is 4.79 Å². The maximum absolute atomic E-state index is 11.4. The number of hydrogen-bond acceptors (Lipinski definition) is 4. The van der Waals surface area contributed by atoms with Gasteiger partial charge in [-0.05, 0) is 36.4 Å². The number of carbonyl (C=O) groups excluding carboxylic acids is 1. The zero-order valence-electron chi connectivity index (χ0n) is 12.4. The van der Waals surface area contributed by atoms with Gasteiger partial charge in [-0.1, -0.05) is 6.92 Å². The summed E-state index contributed by atoms with van der Waals surface area (Å²) in [4.78, 5) is 22.6. The number of carbonyl (C=O) groups is 2. The Morgan fingerprint density at radius 3 is 2.57 bits per heavy atom. The first kappa shape index (κ1) is 14.7. The topological polar surface area (TPSA) is 96.6 Å². The van der Waals surface area contributed by atoms with Gasteiger partial charge in [-0.3, -0.25) is 9.20 Å². The molecule has 0 saturated carbocycles. The van der Waals surface area contributed by atoms with Crippen molar-refractivity contribution < 1.29 is 14.7 Å². The number of pyridine rings is 1. The maximum Gasteiger partial charge on any atom is 0.339 e. The second-order valence-electron chi connectivity index (χ2n) is 4.92. The molecule has 1 amide bonds. The van der Waals surface area contributed by atoms with Gasteiger partial charge in [0.1, 0.15) is 5.56 Å². The summed E-state index contributed by atoms with van der Waals surface area (Å²) in [5.41, 5.74) is 1.85. The van der Waals surface area contributed by atoms with Crippen LogP contribution in [0.3, 0.4) is 0 Å². The summed E-state index contributed by atoms with van der Waals surface area (Å²) in [6, 6.07) is 10.3. The van der Waals surface area contributed by atoms with Crippen LogP contribution in [0.5, 0.6) is 0 Å². The van der Waals surface area contributed by atoms with Gasteiger partial charge in [0.2, 0.25) is 5.91 Å². The summed E-state index contributed by atoms with van der Waals surface area (Å²) in [6.45, 7) is 1.78. The van der Waals surface area contributed by atoms with E-state index in [2.05, 4.69) is 15.5 Å². The Hall–Kier alpha value is -3.22. The molecular weight excluding hydrogens is 296 g/mol. The van der Waals surface area contributed by atoms with E-state index in [0.717, 1.165) is 5.56 Å². The molecule has 0 bridgehead atoms. The zero-order chi connectivity index (χ0) is 16.4. The summed E-state index contributed by atoms with van der Waals surface area (Å²) < 4.78 is 1.63. The van der Waals surface area contributed by atoms with E-state index in [9.17, 15) is 14.7 Å². The van der Waals surface area contributed by atoms with Crippen molar-refractivity contribution in [3.63, 3.8) is 0 Å². The summed E-state index contributed by atoms with van der Waals surface area (Å²) >= 11 is 0. The minimum atomic E-state index is -1.05. The van der Waals surface area contributed by atoms with E-state index in [-0.39, 0.29) is 11.5 Å². The molecule has 2 heterocycles. The van der Waals surface area contributed by atoms with Gasteiger partial charge in [0.15, 0.2) is 11.5 Å². The number of nitrogens with one attached hydrogen (secondary N) is 1. The Kier molecular flexibility index (Phi) is 3.76. The molecule has 7 heteroatoms. The van der Waals surface area contributed by atoms with Crippen molar-refractivity contribution in [1.82, 2.24) is 14.6 Å². The highest BCUT2D eigenvalue weighted by Crippen LogP contribution is 2.22. The average Bonchev–Trinajstić information content (AvgIpc) is 2.99. The number of carboxylic acids is 1. The summed E-state index contributed by atoms with van der Waals surface area (Å²) in [7, 11) is 0. The van der Waals surface area contributed by atoms with E-state index in [4.69, 9.17) is 0 Å². The molecule has 0 aliphatic heterocycles. The van der Waals surface area contributed by atoms with Gasteiger partial charge in [0, 0.05) is 23.9 Å². The van der Waals surface area contributed by atoms with Crippen LogP contribution in [0.25, 0.3) is 17.0 Å². The van der Waals surface area contributed by atoms with Crippen molar-refractivity contribution >= 4 is 23.2 Å². The smallest absolute Gasteiger partial charge is 0.339 e. The number of amides is 1. The third-order valence-electron chi connectivity index (χ3n) is 3.41. The number of rotatable bonds is 4. The van der Waals surface area contributed by atoms with E-state index >= 15 is 0 Å². The molecule has 0 saturated heterocycles. The van der Waals surface area contributed by atoms with E-state index in [1.165, 1.54) is 6.07 Å². The molecule has 0 unspecified atom stereocenters. The van der Waals surface area contributed by atoms with Crippen molar-refractivity contribution in [1.29, 1.82) is 0 Å². The molecule has 3 aromatic rings. The SMILES string of the molecule is CCC(=O)Nc1ccc(-c2nnc3c(C(=O)O)cccn23)cc1. The normalized spacial score (nSPS) is 10.7. The fourth-order valence-corrected chi connectivity index (χ4v) is 2.23. The summed E-state index contributed by atoms with van der Waals surface area (Å²) in [5.74, 6) is -0.569. The van der Waals surface area contributed by atoms with Crippen molar-refractivity contribution in [2.24, 2.45) is 0 Å². The average molecular weight is 310 g/mol. The van der Waals surface area contributed by atoms with Crippen molar-refractivity contribution in [2.45, 2.75) is 13.3 Å². The largest absolute Gasteiger partial charge is 0.478 e. The Labute approximate surface area is 131 Å². The Morgan fingerprint density at radius 1 is 1.17 bits per heavy atom. The molecule has 0 aliphatic carbocycles. The number of benzene rings is 1. The molecule has 116 valence electrons. The van der Waals surface area contributed by atoms with E-state index in [1.807, 2.05) is 0 Å². The van der Waals surface area contributed by atoms with Gasteiger partial charge in [-0.15, -0.1) is 10.2 Å². The molecule has 0 atom stereocenters. The maximum atomic E-state index is 11.4. The number of hydrogen-bond donors (Lipinski definition) is 2. The van der Waals surface area contributed by atoms with E-state index in [1.54, 1.807) is 47.9 Å². The minimum absolute atomic E-state index is 0.0585. The zero-order valence-corrected chi connectivity index (χ0v) is 12.4. The van der Waals surface area contributed by atoms with Crippen LogP contribution < -0.4 is 5.32 Å². The number of aromatic carboxylic acids is 1. The lowest BCUT2D eigenvalue weighted by Gasteiger charge is -2.05. The van der Waals surface area contributed by atoms with Gasteiger partial charge in [-0.25, -0.2) is 4.79 Å². The molecule has 0 aliphatic rings. The van der Waals surface area contributed by atoms with Crippen LogP contribution in [0, 0.1) is 0 Å². The van der Waals surface area contributed by atoms with Crippen molar-refractivity contribution in [2.75, 3.05) is 5.32 Å². The number of anilines is 1. The predicted molar refractivity (Wildman–Crippen MR) is 84.3 cm³/mol. The Bertz CT molecular complexity index is 884. The quantitative estimate of drug-likeness (QED) is 0.771. The lowest BCUT2D eigenvalue weighted by Crippen LogP contribution is -2.09. The lowest BCUT2D eigenvalue weighted by atomic mass is 10.2. The highest BCUT2D eigenvalue weighted by atomic mass is 16.4. The van der Waals surface area contributed by atoms with Crippen LogP contribution >= 0.6 is 0 Å². The van der Waals surface area contributed by atoms with Crippen LogP contribution in [-0.4, -0.2) is 31.6 Å². The van der Waals surface area contributed by atoms with Crippen LogP contribution in [0.15, 0.2) is 42.6 Å². The molecule has 2 N–H and O–H groups in total. The van der Waals surface area contributed by atoms with E-state index < -0.39 is 5.97 Å². The number of fused-ring (bicyclic) bond motifs is 1. The first-order valence-corrected chi connectivity index (χ1v) is 7.07. The molecule has 1 aromatic carbocycles. The molecule has 2 aromatic heterocycles. The third kappa shape index (κ3) is 2.76. The molecule has 7 nitrogen and oxygen atoms in total. The van der Waals surface area contributed by atoms with Crippen molar-refractivity contribution in [3.05, 3.63) is 48.2 Å². The van der Waals surface area contributed by atoms with Crippen LogP contribution in [0.4, 0.5) is 5.69 Å². The summed E-state index contributed by atoms with van der Waals surface area (Å²) in [6.07, 6.45) is 2.12. The second-order valence-corrected chi connectivity index (χ2v) is 4.92. The van der Waals surface area contributed by atoms with Gasteiger partial charge in [0.25, 0.3) is 0 Å². The molecule has 23 heavy (non-hydrogen) atoms. The van der Waals surface area contributed by atoms with E-state index in [0.29, 0.717) is 23.6 Å². The second kappa shape index (κ2) is 5.88. The highest BCUT2D eigenvalue weighted by molar-refractivity contribution is 5.94. The highest BCUT2D eigenvalue weighted by Gasteiger charge is 2.14. The van der Waals surface area contributed by atoms with Gasteiger partial charge >= 0.3 is 5.97 Å². The molecule has 0 fully saturated rings. The van der Waals surface area contributed by atoms with Gasteiger partial charge in [0.05, 0.1) is 0 Å². The van der Waals surface area contributed by atoms with Gasteiger partial charge < -0.3 is 10.4 Å². The first-order valence-electron chi connectivity index (χ1n) is 7.07. The molecule has 3 rings (SSSR count). The van der Waals surface area contributed by atoms with Crippen LogP contribution in [0.2, 0.25) is 0 Å². The molecule has 0 radical (unpaired) electrons.